The first-order valence-electron chi connectivity index (χ1n) is 18.5. The summed E-state index contributed by atoms with van der Waals surface area (Å²) in [6.45, 7) is 6.29. The minimum absolute atomic E-state index is 0.0101. The largest absolute Gasteiger partial charge is 0.369 e. The Hall–Kier alpha value is -4.58. The standard InChI is InChI=1S/C41H53N7O4/c1-28(22-34-25-37(49)46(43(34)4)31-16-10-7-11-17-31)41(40(42)52,29(2)23-35-26-38(50)47(44(35)5)32-18-12-8-13-19-32)30(3)24-36-27-39(51)48(45(36)6)33-20-14-9-15-21-33/h7-21,28-30,34-36H,22-27H2,1-6H3,(H2,42,52)/t28-,29-,30-,34?,35?,36?,41?/m0/s1. The van der Waals surface area contributed by atoms with E-state index in [9.17, 15) is 19.2 Å². The van der Waals surface area contributed by atoms with Crippen LogP contribution >= 0.6 is 0 Å². The van der Waals surface area contributed by atoms with Gasteiger partial charge in [0.15, 0.2) is 0 Å². The maximum atomic E-state index is 14.3. The third kappa shape index (κ3) is 6.73. The maximum Gasteiger partial charge on any atom is 0.243 e. The minimum Gasteiger partial charge on any atom is -0.369 e. The lowest BCUT2D eigenvalue weighted by Gasteiger charge is -2.49. The zero-order valence-electron chi connectivity index (χ0n) is 31.3. The van der Waals surface area contributed by atoms with Crippen LogP contribution in [-0.2, 0) is 19.2 Å². The number of primary amides is 1. The molecule has 3 unspecified atom stereocenters. The number of nitrogens with zero attached hydrogens (tertiary/aromatic N) is 6. The first-order chi connectivity index (χ1) is 24.9. The summed E-state index contributed by atoms with van der Waals surface area (Å²) < 4.78 is 0. The van der Waals surface area contributed by atoms with Gasteiger partial charge in [0.05, 0.1) is 22.5 Å². The Balaban J connectivity index is 1.30. The fourth-order valence-electron chi connectivity index (χ4n) is 9.67. The Bertz CT molecular complexity index is 1550. The Morgan fingerprint density at radius 3 is 1.04 bits per heavy atom. The van der Waals surface area contributed by atoms with E-state index in [4.69, 9.17) is 5.73 Å². The van der Waals surface area contributed by atoms with E-state index in [0.29, 0.717) is 38.5 Å². The number of para-hydroxylation sites is 3. The van der Waals surface area contributed by atoms with Gasteiger partial charge in [-0.05, 0) is 73.4 Å². The van der Waals surface area contributed by atoms with Crippen LogP contribution in [0.25, 0.3) is 0 Å². The second-order valence-electron chi connectivity index (χ2n) is 15.1. The zero-order chi connectivity index (χ0) is 37.3. The van der Waals surface area contributed by atoms with Gasteiger partial charge >= 0.3 is 0 Å². The van der Waals surface area contributed by atoms with Crippen LogP contribution in [0, 0.1) is 23.2 Å². The van der Waals surface area contributed by atoms with Crippen LogP contribution in [0.5, 0.6) is 0 Å². The Kier molecular flexibility index (Phi) is 10.9. The Morgan fingerprint density at radius 1 is 0.558 bits per heavy atom. The number of hydrazine groups is 3. The lowest BCUT2D eigenvalue weighted by molar-refractivity contribution is -0.142. The summed E-state index contributed by atoms with van der Waals surface area (Å²) in [4.78, 5) is 54.6. The predicted molar refractivity (Wildman–Crippen MR) is 203 cm³/mol. The summed E-state index contributed by atoms with van der Waals surface area (Å²) in [5.41, 5.74) is 8.03. The van der Waals surface area contributed by atoms with E-state index in [-0.39, 0.29) is 59.5 Å². The van der Waals surface area contributed by atoms with E-state index in [0.717, 1.165) is 17.1 Å². The number of carbonyl (C=O) groups excluding carboxylic acids is 4. The van der Waals surface area contributed by atoms with Crippen molar-refractivity contribution in [2.24, 2.45) is 28.9 Å². The highest BCUT2D eigenvalue weighted by Crippen LogP contribution is 2.51. The summed E-state index contributed by atoms with van der Waals surface area (Å²) >= 11 is 0. The molecule has 0 bridgehead atoms. The molecule has 276 valence electrons. The number of amides is 4. The first-order valence-corrected chi connectivity index (χ1v) is 18.5. The molecule has 11 nitrogen and oxygen atoms in total. The number of benzene rings is 3. The molecule has 6 rings (SSSR count). The highest BCUT2D eigenvalue weighted by atomic mass is 16.2. The monoisotopic (exact) mass is 707 g/mol. The van der Waals surface area contributed by atoms with E-state index in [1.165, 1.54) is 0 Å². The van der Waals surface area contributed by atoms with Crippen molar-refractivity contribution >= 4 is 40.7 Å². The van der Waals surface area contributed by atoms with Crippen LogP contribution in [0.2, 0.25) is 0 Å². The van der Waals surface area contributed by atoms with Crippen LogP contribution in [0.15, 0.2) is 91.0 Å². The van der Waals surface area contributed by atoms with Crippen molar-refractivity contribution in [1.29, 1.82) is 0 Å². The molecule has 3 aliphatic heterocycles. The van der Waals surface area contributed by atoms with E-state index in [1.807, 2.05) is 127 Å². The topological polar surface area (TPSA) is 114 Å². The molecule has 52 heavy (non-hydrogen) atoms. The number of anilines is 3. The normalized spacial score (nSPS) is 24.8. The molecule has 3 fully saturated rings. The summed E-state index contributed by atoms with van der Waals surface area (Å²) in [6, 6.07) is 28.4. The van der Waals surface area contributed by atoms with Gasteiger partial charge in [-0.3, -0.25) is 19.2 Å². The Labute approximate surface area is 307 Å². The molecule has 0 aliphatic carbocycles. The second-order valence-corrected chi connectivity index (χ2v) is 15.1. The molecule has 4 amide bonds. The molecule has 3 aliphatic rings. The molecular formula is C41H53N7O4. The van der Waals surface area contributed by atoms with Gasteiger partial charge in [-0.15, -0.1) is 0 Å². The molecule has 3 heterocycles. The lowest BCUT2D eigenvalue weighted by atomic mass is 9.56. The highest BCUT2D eigenvalue weighted by Gasteiger charge is 2.54. The molecule has 3 aromatic carbocycles. The fraction of sp³-hybridized carbons (Fsp3) is 0.463. The van der Waals surface area contributed by atoms with Crippen molar-refractivity contribution < 1.29 is 19.2 Å². The van der Waals surface area contributed by atoms with Gasteiger partial charge in [0.2, 0.25) is 23.6 Å². The van der Waals surface area contributed by atoms with Crippen LogP contribution in [0.4, 0.5) is 17.1 Å². The molecular weight excluding hydrogens is 654 g/mol. The average molecular weight is 708 g/mol. The van der Waals surface area contributed by atoms with Gasteiger partial charge in [0, 0.05) is 58.5 Å². The first kappa shape index (κ1) is 37.2. The van der Waals surface area contributed by atoms with Gasteiger partial charge in [0.25, 0.3) is 0 Å². The van der Waals surface area contributed by atoms with Gasteiger partial charge in [-0.1, -0.05) is 75.4 Å². The molecule has 0 aromatic heterocycles. The number of hydrogen-bond acceptors (Lipinski definition) is 7. The molecule has 2 N–H and O–H groups in total. The van der Waals surface area contributed by atoms with Gasteiger partial charge < -0.3 is 5.73 Å². The summed E-state index contributed by atoms with van der Waals surface area (Å²) in [6.07, 6.45) is 2.67. The van der Waals surface area contributed by atoms with Crippen molar-refractivity contribution in [2.45, 2.75) is 77.4 Å². The van der Waals surface area contributed by atoms with Crippen molar-refractivity contribution in [3.63, 3.8) is 0 Å². The molecule has 0 spiro atoms. The smallest absolute Gasteiger partial charge is 0.243 e. The summed E-state index contributed by atoms with van der Waals surface area (Å²) in [5.74, 6) is -1.04. The van der Waals surface area contributed by atoms with Crippen LogP contribution in [0.1, 0.15) is 59.3 Å². The molecule has 6 atom stereocenters. The Morgan fingerprint density at radius 2 is 0.808 bits per heavy atom. The van der Waals surface area contributed by atoms with E-state index < -0.39 is 5.41 Å². The number of rotatable bonds is 13. The summed E-state index contributed by atoms with van der Waals surface area (Å²) in [7, 11) is 5.80. The molecule has 0 saturated carbocycles. The van der Waals surface area contributed by atoms with Crippen LogP contribution in [-0.4, -0.2) is 77.9 Å². The number of nitrogens with two attached hydrogens (primary N) is 1. The van der Waals surface area contributed by atoms with E-state index in [1.54, 1.807) is 15.0 Å². The second kappa shape index (κ2) is 15.2. The van der Waals surface area contributed by atoms with Crippen LogP contribution in [0.3, 0.4) is 0 Å². The van der Waals surface area contributed by atoms with Gasteiger partial charge in [-0.25, -0.2) is 30.1 Å². The third-order valence-corrected chi connectivity index (χ3v) is 12.2. The number of carbonyl (C=O) groups is 4. The molecule has 11 heteroatoms. The summed E-state index contributed by atoms with van der Waals surface area (Å²) in [5, 5.41) is 11.2. The van der Waals surface area contributed by atoms with Crippen molar-refractivity contribution in [3.05, 3.63) is 91.0 Å². The lowest BCUT2D eigenvalue weighted by Crippen LogP contribution is -2.55. The zero-order valence-corrected chi connectivity index (χ0v) is 31.3. The SMILES string of the molecule is C[C@@H](CC1CC(=O)N(c2ccccc2)N1C)C(C(N)=O)([C@@H](C)CC1CC(=O)N(c2ccccc2)N1C)[C@@H](C)CC1CC(=O)N(c2ccccc2)N1C. The highest BCUT2D eigenvalue weighted by molar-refractivity contribution is 5.96. The molecule has 3 aromatic rings. The maximum absolute atomic E-state index is 14.3. The number of hydrogen-bond donors (Lipinski definition) is 1. The van der Waals surface area contributed by atoms with E-state index >= 15 is 0 Å². The van der Waals surface area contributed by atoms with Gasteiger partial charge in [-0.2, -0.15) is 0 Å². The third-order valence-electron chi connectivity index (χ3n) is 12.2. The van der Waals surface area contributed by atoms with Crippen LogP contribution < -0.4 is 20.8 Å². The van der Waals surface area contributed by atoms with Crippen molar-refractivity contribution in [1.82, 2.24) is 15.0 Å². The van der Waals surface area contributed by atoms with E-state index in [2.05, 4.69) is 20.8 Å². The van der Waals surface area contributed by atoms with Crippen molar-refractivity contribution in [2.75, 3.05) is 36.2 Å². The predicted octanol–water partition coefficient (Wildman–Crippen LogP) is 5.49. The minimum atomic E-state index is -1.02. The molecule has 0 radical (unpaired) electrons. The van der Waals surface area contributed by atoms with Crippen molar-refractivity contribution in [3.8, 4) is 0 Å². The fourth-order valence-corrected chi connectivity index (χ4v) is 9.67. The molecule has 3 saturated heterocycles. The average Bonchev–Trinajstić information content (AvgIpc) is 3.68. The quantitative estimate of drug-likeness (QED) is 0.250. The van der Waals surface area contributed by atoms with Gasteiger partial charge in [0.1, 0.15) is 0 Å².